The van der Waals surface area contributed by atoms with Crippen molar-refractivity contribution in [3.63, 3.8) is 0 Å². The molecule has 0 spiro atoms. The van der Waals surface area contributed by atoms with E-state index in [0.29, 0.717) is 11.8 Å². The topological polar surface area (TPSA) is 3.01 Å². The van der Waals surface area contributed by atoms with Crippen LogP contribution >= 0.6 is 0 Å². The zero-order valence-electron chi connectivity index (χ0n) is 21.7. The fraction of sp³-hybridized carbons (Fsp3) is 0.414. The van der Waals surface area contributed by atoms with Gasteiger partial charge >= 0.3 is 7.25 Å². The number of benzene rings is 3. The van der Waals surface area contributed by atoms with E-state index in [2.05, 4.69) is 120 Å². The van der Waals surface area contributed by atoms with Gasteiger partial charge in [0, 0.05) is 31.4 Å². The van der Waals surface area contributed by atoms with E-state index in [-0.39, 0.29) is 11.0 Å². The van der Waals surface area contributed by atoms with Gasteiger partial charge in [0.1, 0.15) is 0 Å². The molecule has 1 heterocycles. The highest BCUT2D eigenvalue weighted by atomic mass is 19.5. The molecule has 0 N–H and O–H groups in total. The van der Waals surface area contributed by atoms with Crippen LogP contribution in [0.2, 0.25) is 0 Å². The van der Waals surface area contributed by atoms with Gasteiger partial charge < -0.3 is 17.3 Å². The maximum absolute atomic E-state index is 9.75. The molecule has 0 amide bonds. The van der Waals surface area contributed by atoms with Gasteiger partial charge in [-0.15, -0.1) is 0 Å². The average molecular weight is 485 g/mol. The van der Waals surface area contributed by atoms with Gasteiger partial charge in [-0.25, -0.2) is 0 Å². The van der Waals surface area contributed by atoms with Gasteiger partial charge in [-0.2, -0.15) is 4.58 Å². The number of halogens is 4. The third-order valence-corrected chi connectivity index (χ3v) is 6.85. The van der Waals surface area contributed by atoms with Gasteiger partial charge in [-0.3, -0.25) is 0 Å². The van der Waals surface area contributed by atoms with Crippen LogP contribution in [0.15, 0.2) is 60.7 Å². The van der Waals surface area contributed by atoms with Crippen molar-refractivity contribution < 1.29 is 21.8 Å². The molecular formula is C29H36BF4N. The van der Waals surface area contributed by atoms with Gasteiger partial charge in [-0.1, -0.05) is 88.4 Å². The highest BCUT2D eigenvalue weighted by Gasteiger charge is 2.51. The summed E-state index contributed by atoms with van der Waals surface area (Å²) in [5.41, 5.74) is 5.80. The minimum Gasteiger partial charge on any atom is -0.418 e. The van der Waals surface area contributed by atoms with E-state index in [0.717, 1.165) is 6.42 Å². The lowest BCUT2D eigenvalue weighted by atomic mass is 9.75. The van der Waals surface area contributed by atoms with Crippen molar-refractivity contribution in [2.24, 2.45) is 0 Å². The molecule has 0 bridgehead atoms. The van der Waals surface area contributed by atoms with Crippen molar-refractivity contribution >= 4 is 29.9 Å². The quantitative estimate of drug-likeness (QED) is 0.197. The Labute approximate surface area is 207 Å². The van der Waals surface area contributed by atoms with E-state index in [1.54, 1.807) is 0 Å². The Balaban J connectivity index is 0.000000623. The molecule has 1 nitrogen and oxygen atoms in total. The third-order valence-electron chi connectivity index (χ3n) is 6.85. The molecule has 1 atom stereocenters. The highest BCUT2D eigenvalue weighted by molar-refractivity contribution is 6.50. The lowest BCUT2D eigenvalue weighted by Gasteiger charge is -2.25. The molecule has 0 saturated carbocycles. The van der Waals surface area contributed by atoms with Crippen LogP contribution < -0.4 is 0 Å². The van der Waals surface area contributed by atoms with Crippen LogP contribution in [-0.4, -0.2) is 23.6 Å². The molecule has 0 radical (unpaired) electrons. The van der Waals surface area contributed by atoms with Crippen LogP contribution in [0.3, 0.4) is 0 Å². The van der Waals surface area contributed by atoms with Crippen LogP contribution in [-0.2, 0) is 5.41 Å². The van der Waals surface area contributed by atoms with E-state index in [9.17, 15) is 17.3 Å². The predicted octanol–water partition coefficient (Wildman–Crippen LogP) is 9.24. The third kappa shape index (κ3) is 5.96. The summed E-state index contributed by atoms with van der Waals surface area (Å²) in [5.74, 6) is 0.986. The van der Waals surface area contributed by atoms with Gasteiger partial charge in [0.2, 0.25) is 5.69 Å². The largest absolute Gasteiger partial charge is 0.673 e. The number of nitrogens with zero attached hydrogens (tertiary/aromatic N) is 1. The first-order valence-corrected chi connectivity index (χ1v) is 12.3. The Kier molecular flexibility index (Phi) is 7.54. The minimum absolute atomic E-state index is 0.0112. The first-order valence-electron chi connectivity index (χ1n) is 12.3. The normalized spacial score (nSPS) is 19.6. The zero-order chi connectivity index (χ0) is 26.2. The lowest BCUT2D eigenvalue weighted by molar-refractivity contribution is -0.513. The first-order chi connectivity index (χ1) is 16.1. The zero-order valence-corrected chi connectivity index (χ0v) is 21.7. The summed E-state index contributed by atoms with van der Waals surface area (Å²) < 4.78 is 41.6. The van der Waals surface area contributed by atoms with Gasteiger partial charge in [0.25, 0.3) is 0 Å². The van der Waals surface area contributed by atoms with Crippen molar-refractivity contribution in [2.75, 3.05) is 0 Å². The number of fused-ring (bicyclic) bond motifs is 1. The standard InChI is InChI=1S/C29H36N.BF4/c1-20(2)23-15-11-16-24(21(3)4)27(23)30-19-29(7,18-28(30,5)6)26-17-10-13-22-12-8-9-14-25(22)26;2-1(3,4)5/h8-17,19-21H,18H2,1-7H3;/q+1;-1. The molecular weight excluding hydrogens is 449 g/mol. The monoisotopic (exact) mass is 485 g/mol. The van der Waals surface area contributed by atoms with E-state index in [4.69, 9.17) is 0 Å². The molecule has 1 aliphatic rings. The van der Waals surface area contributed by atoms with E-state index >= 15 is 0 Å². The highest BCUT2D eigenvalue weighted by Crippen LogP contribution is 2.46. The van der Waals surface area contributed by atoms with Crippen molar-refractivity contribution in [3.05, 3.63) is 77.4 Å². The Morgan fingerprint density at radius 2 is 1.23 bits per heavy atom. The van der Waals surface area contributed by atoms with Crippen LogP contribution in [0.1, 0.15) is 83.4 Å². The summed E-state index contributed by atoms with van der Waals surface area (Å²) in [7, 11) is -6.00. The molecule has 6 heteroatoms. The van der Waals surface area contributed by atoms with E-state index < -0.39 is 7.25 Å². The molecule has 3 aromatic rings. The fourth-order valence-corrected chi connectivity index (χ4v) is 5.53. The van der Waals surface area contributed by atoms with Crippen molar-refractivity contribution in [3.8, 4) is 0 Å². The van der Waals surface area contributed by atoms with Crippen LogP contribution in [0.25, 0.3) is 10.8 Å². The smallest absolute Gasteiger partial charge is 0.418 e. The summed E-state index contributed by atoms with van der Waals surface area (Å²) in [6.07, 6.45) is 3.62. The first kappa shape index (κ1) is 27.0. The molecule has 0 aromatic heterocycles. The number of para-hydroxylation sites is 1. The molecule has 0 fully saturated rings. The Bertz CT molecular complexity index is 1190. The number of hydrogen-bond acceptors (Lipinski definition) is 0. The van der Waals surface area contributed by atoms with Crippen molar-refractivity contribution in [1.29, 1.82) is 0 Å². The second-order valence-electron chi connectivity index (χ2n) is 11.0. The molecule has 3 aromatic carbocycles. The Morgan fingerprint density at radius 3 is 1.77 bits per heavy atom. The fourth-order valence-electron chi connectivity index (χ4n) is 5.53. The minimum atomic E-state index is -6.00. The SMILES string of the molecule is CC(C)c1cccc(C(C)C)c1[N+]1=CC(C)(c2cccc3ccccc23)CC1(C)C.F[B-](F)(F)F. The van der Waals surface area contributed by atoms with Gasteiger partial charge in [0.15, 0.2) is 11.8 Å². The summed E-state index contributed by atoms with van der Waals surface area (Å²) in [6.45, 7) is 16.5. The molecule has 1 aliphatic heterocycles. The molecule has 188 valence electrons. The van der Waals surface area contributed by atoms with E-state index in [1.165, 1.54) is 33.2 Å². The van der Waals surface area contributed by atoms with Crippen LogP contribution in [0, 0.1) is 0 Å². The Morgan fingerprint density at radius 1 is 0.743 bits per heavy atom. The summed E-state index contributed by atoms with van der Waals surface area (Å²) in [4.78, 5) is 0. The maximum atomic E-state index is 9.75. The number of rotatable bonds is 4. The average Bonchev–Trinajstić information content (AvgIpc) is 3.00. The molecule has 0 saturated heterocycles. The molecule has 0 aliphatic carbocycles. The Hall–Kier alpha value is -2.63. The predicted molar refractivity (Wildman–Crippen MR) is 141 cm³/mol. The second-order valence-corrected chi connectivity index (χ2v) is 11.0. The second kappa shape index (κ2) is 9.79. The summed E-state index contributed by atoms with van der Waals surface area (Å²) >= 11 is 0. The van der Waals surface area contributed by atoms with Crippen molar-refractivity contribution in [2.45, 2.75) is 77.7 Å². The van der Waals surface area contributed by atoms with E-state index in [1.807, 2.05) is 0 Å². The molecule has 35 heavy (non-hydrogen) atoms. The van der Waals surface area contributed by atoms with Crippen LogP contribution in [0.4, 0.5) is 23.0 Å². The van der Waals surface area contributed by atoms with Crippen molar-refractivity contribution in [1.82, 2.24) is 0 Å². The summed E-state index contributed by atoms with van der Waals surface area (Å²) in [5, 5.41) is 2.70. The van der Waals surface area contributed by atoms with Crippen LogP contribution in [0.5, 0.6) is 0 Å². The number of hydrogen-bond donors (Lipinski definition) is 0. The maximum Gasteiger partial charge on any atom is 0.673 e. The molecule has 1 unspecified atom stereocenters. The van der Waals surface area contributed by atoms with Gasteiger partial charge in [0.05, 0.1) is 5.41 Å². The van der Waals surface area contributed by atoms with Gasteiger partial charge in [-0.05, 0) is 35.1 Å². The summed E-state index contributed by atoms with van der Waals surface area (Å²) in [6, 6.07) is 22.5. The lowest BCUT2D eigenvalue weighted by Crippen LogP contribution is -2.31. The molecule has 4 rings (SSSR count).